The van der Waals surface area contributed by atoms with Crippen molar-refractivity contribution in [1.82, 2.24) is 20.0 Å². The molecule has 0 aromatic carbocycles. The molecule has 2 aliphatic heterocycles. The average Bonchev–Trinajstić information content (AvgIpc) is 2.89. The zero-order chi connectivity index (χ0) is 15.1. The largest absolute Gasteiger partial charge is 0.395 e. The van der Waals surface area contributed by atoms with Gasteiger partial charge in [0.25, 0.3) is 0 Å². The van der Waals surface area contributed by atoms with Gasteiger partial charge in [-0.05, 0) is 25.9 Å². The highest BCUT2D eigenvalue weighted by Gasteiger charge is 2.28. The fourth-order valence-electron chi connectivity index (χ4n) is 2.86. The number of hydrogen-bond donors (Lipinski definition) is 2. The van der Waals surface area contributed by atoms with Crippen molar-refractivity contribution in [3.05, 3.63) is 0 Å². The molecule has 2 rings (SSSR count). The van der Waals surface area contributed by atoms with Gasteiger partial charge in [-0.2, -0.15) is 0 Å². The molecule has 0 atom stereocenters. The van der Waals surface area contributed by atoms with Crippen molar-refractivity contribution in [2.75, 3.05) is 65.5 Å². The zero-order valence-electron chi connectivity index (χ0n) is 12.6. The first-order chi connectivity index (χ1) is 10.2. The number of aliphatic hydroxyl groups is 1. The van der Waals surface area contributed by atoms with E-state index in [-0.39, 0.29) is 18.4 Å². The molecule has 0 unspecified atom stereocenters. The highest BCUT2D eigenvalue weighted by atomic mass is 16.3. The van der Waals surface area contributed by atoms with E-state index >= 15 is 0 Å². The summed E-state index contributed by atoms with van der Waals surface area (Å²) in [6.45, 7) is 6.46. The van der Waals surface area contributed by atoms with Gasteiger partial charge in [-0.15, -0.1) is 0 Å². The van der Waals surface area contributed by atoms with Crippen molar-refractivity contribution in [1.29, 1.82) is 0 Å². The Bertz CT molecular complexity index is 356. The minimum atomic E-state index is -0.372. The van der Waals surface area contributed by atoms with Gasteiger partial charge in [-0.1, -0.05) is 0 Å². The molecule has 2 heterocycles. The standard InChI is InChI=1S/C14H26N4O3/c19-12-11-16-5-2-7-18(10-9-16)14(21)13(20)17-6-1-3-15-4-8-17/h15,19H,1-12H2. The molecule has 0 aromatic rings. The van der Waals surface area contributed by atoms with Crippen LogP contribution in [0.5, 0.6) is 0 Å². The van der Waals surface area contributed by atoms with Gasteiger partial charge in [0, 0.05) is 45.8 Å². The van der Waals surface area contributed by atoms with Crippen LogP contribution in [0.1, 0.15) is 12.8 Å². The van der Waals surface area contributed by atoms with E-state index in [4.69, 9.17) is 5.11 Å². The van der Waals surface area contributed by atoms with Gasteiger partial charge in [0.2, 0.25) is 0 Å². The molecule has 7 heteroatoms. The van der Waals surface area contributed by atoms with Gasteiger partial charge in [0.05, 0.1) is 6.61 Å². The number of rotatable bonds is 2. The maximum atomic E-state index is 12.4. The van der Waals surface area contributed by atoms with Gasteiger partial charge in [0.1, 0.15) is 0 Å². The normalized spacial score (nSPS) is 21.8. The number of aliphatic hydroxyl groups excluding tert-OH is 1. The molecule has 2 N–H and O–H groups in total. The summed E-state index contributed by atoms with van der Waals surface area (Å²) in [5.41, 5.74) is 0. The monoisotopic (exact) mass is 298 g/mol. The lowest BCUT2D eigenvalue weighted by Crippen LogP contribution is -2.47. The molecule has 21 heavy (non-hydrogen) atoms. The van der Waals surface area contributed by atoms with Crippen LogP contribution in [-0.4, -0.2) is 97.1 Å². The molecular weight excluding hydrogens is 272 g/mol. The quantitative estimate of drug-likeness (QED) is 0.597. The molecule has 0 aliphatic carbocycles. The Kier molecular flexibility index (Phi) is 6.41. The van der Waals surface area contributed by atoms with Gasteiger partial charge < -0.3 is 20.2 Å². The van der Waals surface area contributed by atoms with Crippen molar-refractivity contribution < 1.29 is 14.7 Å². The topological polar surface area (TPSA) is 76.1 Å². The molecule has 2 aliphatic rings. The van der Waals surface area contributed by atoms with E-state index < -0.39 is 0 Å². The van der Waals surface area contributed by atoms with Gasteiger partial charge in [-0.3, -0.25) is 14.5 Å². The molecule has 7 nitrogen and oxygen atoms in total. The first-order valence-electron chi connectivity index (χ1n) is 7.84. The summed E-state index contributed by atoms with van der Waals surface area (Å²) in [4.78, 5) is 30.2. The molecular formula is C14H26N4O3. The Labute approximate surface area is 125 Å². The summed E-state index contributed by atoms with van der Waals surface area (Å²) in [7, 11) is 0. The third-order valence-corrected chi connectivity index (χ3v) is 4.10. The lowest BCUT2D eigenvalue weighted by Gasteiger charge is -2.25. The summed E-state index contributed by atoms with van der Waals surface area (Å²) in [5, 5.41) is 12.2. The fourth-order valence-corrected chi connectivity index (χ4v) is 2.86. The Morgan fingerprint density at radius 1 is 0.857 bits per heavy atom. The van der Waals surface area contributed by atoms with Crippen molar-refractivity contribution in [2.45, 2.75) is 12.8 Å². The van der Waals surface area contributed by atoms with Crippen LogP contribution in [0.25, 0.3) is 0 Å². The minimum absolute atomic E-state index is 0.133. The van der Waals surface area contributed by atoms with Gasteiger partial charge in [0.15, 0.2) is 0 Å². The Morgan fingerprint density at radius 3 is 2.33 bits per heavy atom. The molecule has 2 fully saturated rings. The van der Waals surface area contributed by atoms with Crippen LogP contribution in [0.4, 0.5) is 0 Å². The second-order valence-electron chi connectivity index (χ2n) is 5.61. The Balaban J connectivity index is 1.87. The number of amides is 2. The third-order valence-electron chi connectivity index (χ3n) is 4.10. The molecule has 0 aromatic heterocycles. The molecule has 120 valence electrons. The lowest BCUT2D eigenvalue weighted by atomic mass is 10.3. The Hall–Kier alpha value is -1.18. The number of carbonyl (C=O) groups is 2. The average molecular weight is 298 g/mol. The number of β-amino-alcohol motifs (C(OH)–C–C–N with tert-alkyl or cyclic N) is 1. The highest BCUT2D eigenvalue weighted by molar-refractivity contribution is 6.34. The maximum absolute atomic E-state index is 12.4. The van der Waals surface area contributed by atoms with Crippen molar-refractivity contribution >= 4 is 11.8 Å². The number of carbonyl (C=O) groups excluding carboxylic acids is 2. The van der Waals surface area contributed by atoms with Gasteiger partial charge >= 0.3 is 11.8 Å². The predicted octanol–water partition coefficient (Wildman–Crippen LogP) is -1.67. The smallest absolute Gasteiger partial charge is 0.312 e. The second kappa shape index (κ2) is 8.31. The highest BCUT2D eigenvalue weighted by Crippen LogP contribution is 2.06. The number of nitrogens with zero attached hydrogens (tertiary/aromatic N) is 3. The molecule has 2 saturated heterocycles. The molecule has 2 amide bonds. The van der Waals surface area contributed by atoms with Crippen molar-refractivity contribution in [3.63, 3.8) is 0 Å². The predicted molar refractivity (Wildman–Crippen MR) is 78.8 cm³/mol. The second-order valence-corrected chi connectivity index (χ2v) is 5.61. The zero-order valence-corrected chi connectivity index (χ0v) is 12.6. The summed E-state index contributed by atoms with van der Waals surface area (Å²) in [6.07, 6.45) is 1.74. The van der Waals surface area contributed by atoms with E-state index in [1.165, 1.54) is 0 Å². The van der Waals surface area contributed by atoms with Crippen LogP contribution in [0, 0.1) is 0 Å². The number of hydrogen-bond acceptors (Lipinski definition) is 5. The fraction of sp³-hybridized carbons (Fsp3) is 0.857. The van der Waals surface area contributed by atoms with E-state index in [0.717, 1.165) is 39.0 Å². The van der Waals surface area contributed by atoms with Crippen LogP contribution < -0.4 is 5.32 Å². The van der Waals surface area contributed by atoms with E-state index in [1.807, 2.05) is 0 Å². The van der Waals surface area contributed by atoms with E-state index in [2.05, 4.69) is 10.2 Å². The maximum Gasteiger partial charge on any atom is 0.312 e. The van der Waals surface area contributed by atoms with Crippen molar-refractivity contribution in [3.8, 4) is 0 Å². The summed E-state index contributed by atoms with van der Waals surface area (Å²) >= 11 is 0. The first-order valence-corrected chi connectivity index (χ1v) is 7.84. The third kappa shape index (κ3) is 4.66. The summed E-state index contributed by atoms with van der Waals surface area (Å²) in [5.74, 6) is -0.739. The molecule has 0 bridgehead atoms. The van der Waals surface area contributed by atoms with Crippen LogP contribution in [0.3, 0.4) is 0 Å². The lowest BCUT2D eigenvalue weighted by molar-refractivity contribution is -0.151. The number of nitrogens with one attached hydrogen (secondary N) is 1. The van der Waals surface area contributed by atoms with E-state index in [1.54, 1.807) is 9.80 Å². The first kappa shape index (κ1) is 16.2. The summed E-state index contributed by atoms with van der Waals surface area (Å²) < 4.78 is 0. The minimum Gasteiger partial charge on any atom is -0.395 e. The van der Waals surface area contributed by atoms with Crippen molar-refractivity contribution in [2.24, 2.45) is 0 Å². The Morgan fingerprint density at radius 2 is 1.57 bits per heavy atom. The molecule has 0 radical (unpaired) electrons. The van der Waals surface area contributed by atoms with E-state index in [9.17, 15) is 9.59 Å². The van der Waals surface area contributed by atoms with E-state index in [0.29, 0.717) is 32.7 Å². The van der Waals surface area contributed by atoms with Crippen LogP contribution in [-0.2, 0) is 9.59 Å². The SMILES string of the molecule is O=C(C(=O)N1CCCN(CCO)CC1)N1CCCNCC1. The van der Waals surface area contributed by atoms with Gasteiger partial charge in [-0.25, -0.2) is 0 Å². The molecule has 0 spiro atoms. The van der Waals surface area contributed by atoms with Crippen LogP contribution >= 0.6 is 0 Å². The summed E-state index contributed by atoms with van der Waals surface area (Å²) in [6, 6.07) is 0. The van der Waals surface area contributed by atoms with Crippen LogP contribution in [0.15, 0.2) is 0 Å². The van der Waals surface area contributed by atoms with Crippen LogP contribution in [0.2, 0.25) is 0 Å². The molecule has 0 saturated carbocycles.